The highest BCUT2D eigenvalue weighted by atomic mass is 14.9. The lowest BCUT2D eigenvalue weighted by Crippen LogP contribution is -2.28. The van der Waals surface area contributed by atoms with E-state index < -0.39 is 0 Å². The molecule has 0 aromatic heterocycles. The Morgan fingerprint density at radius 2 is 0.759 bits per heavy atom. The lowest BCUT2D eigenvalue weighted by Gasteiger charge is -2.16. The topological polar surface area (TPSA) is 12.0 Å². The fourth-order valence-corrected chi connectivity index (χ4v) is 4.44. The van der Waals surface area contributed by atoms with E-state index in [1.807, 2.05) is 0 Å². The van der Waals surface area contributed by atoms with E-state index in [2.05, 4.69) is 26.1 Å². The summed E-state index contributed by atoms with van der Waals surface area (Å²) in [7, 11) is 0. The van der Waals surface area contributed by atoms with E-state index in [-0.39, 0.29) is 0 Å². The highest BCUT2D eigenvalue weighted by Crippen LogP contribution is 2.15. The SMILES string of the molecule is CCCCCCCCCCCCCCCCCCCCCCC(CC)NCCC. The van der Waals surface area contributed by atoms with Gasteiger partial charge in [-0.15, -0.1) is 0 Å². The smallest absolute Gasteiger partial charge is 0.00644 e. The van der Waals surface area contributed by atoms with E-state index in [0.29, 0.717) is 0 Å². The highest BCUT2D eigenvalue weighted by molar-refractivity contribution is 4.64. The predicted molar refractivity (Wildman–Crippen MR) is 135 cm³/mol. The van der Waals surface area contributed by atoms with Crippen LogP contribution in [0.15, 0.2) is 0 Å². The first kappa shape index (κ1) is 29.0. The molecule has 0 aromatic rings. The van der Waals surface area contributed by atoms with Gasteiger partial charge in [0.1, 0.15) is 0 Å². The van der Waals surface area contributed by atoms with E-state index in [9.17, 15) is 0 Å². The summed E-state index contributed by atoms with van der Waals surface area (Å²) in [6, 6.07) is 0.769. The third-order valence-electron chi connectivity index (χ3n) is 6.58. The molecule has 0 heterocycles. The maximum absolute atomic E-state index is 3.68. The molecule has 1 heteroatoms. The molecule has 176 valence electrons. The van der Waals surface area contributed by atoms with Crippen LogP contribution in [0.2, 0.25) is 0 Å². The average Bonchev–Trinajstić information content (AvgIpc) is 2.74. The van der Waals surface area contributed by atoms with Gasteiger partial charge in [-0.25, -0.2) is 0 Å². The highest BCUT2D eigenvalue weighted by Gasteiger charge is 2.03. The van der Waals surface area contributed by atoms with Crippen molar-refractivity contribution in [3.05, 3.63) is 0 Å². The van der Waals surface area contributed by atoms with Crippen LogP contribution in [-0.2, 0) is 0 Å². The van der Waals surface area contributed by atoms with Crippen LogP contribution in [0.3, 0.4) is 0 Å². The van der Waals surface area contributed by atoms with E-state index in [1.54, 1.807) is 0 Å². The van der Waals surface area contributed by atoms with Gasteiger partial charge in [0.15, 0.2) is 0 Å². The molecule has 1 atom stereocenters. The third kappa shape index (κ3) is 24.1. The Kier molecular flexibility index (Phi) is 26.0. The lowest BCUT2D eigenvalue weighted by molar-refractivity contribution is 0.441. The molecule has 0 aliphatic carbocycles. The molecule has 0 saturated carbocycles. The Morgan fingerprint density at radius 1 is 0.414 bits per heavy atom. The number of hydrogen-bond acceptors (Lipinski definition) is 1. The van der Waals surface area contributed by atoms with Gasteiger partial charge in [-0.2, -0.15) is 0 Å². The summed E-state index contributed by atoms with van der Waals surface area (Å²) >= 11 is 0. The Hall–Kier alpha value is -0.0400. The van der Waals surface area contributed by atoms with Gasteiger partial charge < -0.3 is 5.32 Å². The summed E-state index contributed by atoms with van der Waals surface area (Å²) in [5.74, 6) is 0. The normalized spacial score (nSPS) is 12.5. The van der Waals surface area contributed by atoms with Crippen LogP contribution in [0.25, 0.3) is 0 Å². The zero-order valence-corrected chi connectivity index (χ0v) is 21.0. The second-order valence-corrected chi connectivity index (χ2v) is 9.57. The van der Waals surface area contributed by atoms with Gasteiger partial charge in [0.05, 0.1) is 0 Å². The van der Waals surface area contributed by atoms with Crippen LogP contribution in [-0.4, -0.2) is 12.6 Å². The fourth-order valence-electron chi connectivity index (χ4n) is 4.44. The standard InChI is InChI=1S/C28H59N/c1-4-7-8-9-10-11-12-13-14-15-16-17-18-19-20-21-22-23-24-25-26-28(6-3)29-27-5-2/h28-29H,4-27H2,1-3H3. The minimum absolute atomic E-state index is 0.769. The van der Waals surface area contributed by atoms with Gasteiger partial charge in [-0.1, -0.05) is 149 Å². The van der Waals surface area contributed by atoms with Crippen molar-refractivity contribution in [2.45, 2.75) is 174 Å². The van der Waals surface area contributed by atoms with Crippen LogP contribution >= 0.6 is 0 Å². The minimum Gasteiger partial charge on any atom is -0.314 e. The van der Waals surface area contributed by atoms with E-state index in [0.717, 1.165) is 6.04 Å². The van der Waals surface area contributed by atoms with Crippen LogP contribution in [0.4, 0.5) is 0 Å². The molecule has 0 saturated heterocycles. The lowest BCUT2D eigenvalue weighted by atomic mass is 10.0. The molecule has 1 nitrogen and oxygen atoms in total. The molecular weight excluding hydrogens is 350 g/mol. The van der Waals surface area contributed by atoms with Crippen LogP contribution in [0.1, 0.15) is 168 Å². The van der Waals surface area contributed by atoms with Gasteiger partial charge in [0.2, 0.25) is 0 Å². The number of nitrogens with one attached hydrogen (secondary N) is 1. The summed E-state index contributed by atoms with van der Waals surface area (Å²) in [4.78, 5) is 0. The van der Waals surface area contributed by atoms with Crippen molar-refractivity contribution in [2.75, 3.05) is 6.54 Å². The second-order valence-electron chi connectivity index (χ2n) is 9.57. The van der Waals surface area contributed by atoms with Crippen LogP contribution in [0, 0.1) is 0 Å². The maximum Gasteiger partial charge on any atom is 0.00644 e. The molecule has 0 rings (SSSR count). The molecule has 0 amide bonds. The first-order valence-corrected chi connectivity index (χ1v) is 14.1. The van der Waals surface area contributed by atoms with Crippen molar-refractivity contribution in [2.24, 2.45) is 0 Å². The largest absolute Gasteiger partial charge is 0.314 e. The fraction of sp³-hybridized carbons (Fsp3) is 1.00. The average molecular weight is 410 g/mol. The first-order valence-electron chi connectivity index (χ1n) is 14.1. The Labute approximate surface area is 186 Å². The molecule has 0 aliphatic heterocycles. The van der Waals surface area contributed by atoms with Gasteiger partial charge >= 0.3 is 0 Å². The molecule has 0 bridgehead atoms. The third-order valence-corrected chi connectivity index (χ3v) is 6.58. The Balaban J connectivity index is 3.10. The second kappa shape index (κ2) is 26.0. The summed E-state index contributed by atoms with van der Waals surface area (Å²) in [6.07, 6.45) is 33.3. The molecule has 0 aromatic carbocycles. The van der Waals surface area contributed by atoms with Crippen molar-refractivity contribution in [1.29, 1.82) is 0 Å². The zero-order valence-electron chi connectivity index (χ0n) is 21.0. The van der Waals surface area contributed by atoms with Crippen molar-refractivity contribution in [1.82, 2.24) is 5.32 Å². The molecule has 0 spiro atoms. The van der Waals surface area contributed by atoms with Crippen molar-refractivity contribution >= 4 is 0 Å². The summed E-state index contributed by atoms with van der Waals surface area (Å²) in [5.41, 5.74) is 0. The molecule has 1 N–H and O–H groups in total. The zero-order chi connectivity index (χ0) is 21.3. The molecule has 0 aliphatic rings. The molecule has 0 radical (unpaired) electrons. The quantitative estimate of drug-likeness (QED) is 0.148. The molecular formula is C28H59N. The Bertz CT molecular complexity index is 275. The number of rotatable bonds is 25. The van der Waals surface area contributed by atoms with E-state index >= 15 is 0 Å². The van der Waals surface area contributed by atoms with Crippen molar-refractivity contribution in [3.63, 3.8) is 0 Å². The summed E-state index contributed by atoms with van der Waals surface area (Å²) in [6.45, 7) is 8.08. The van der Waals surface area contributed by atoms with E-state index in [4.69, 9.17) is 0 Å². The minimum atomic E-state index is 0.769. The van der Waals surface area contributed by atoms with Crippen LogP contribution < -0.4 is 5.32 Å². The Morgan fingerprint density at radius 3 is 1.07 bits per heavy atom. The number of hydrogen-bond donors (Lipinski definition) is 1. The molecule has 29 heavy (non-hydrogen) atoms. The molecule has 1 unspecified atom stereocenters. The summed E-state index contributed by atoms with van der Waals surface area (Å²) < 4.78 is 0. The monoisotopic (exact) mass is 409 g/mol. The predicted octanol–water partition coefficient (Wildman–Crippen LogP) is 9.98. The van der Waals surface area contributed by atoms with Crippen molar-refractivity contribution in [3.8, 4) is 0 Å². The summed E-state index contributed by atoms with van der Waals surface area (Å²) in [5, 5.41) is 3.68. The van der Waals surface area contributed by atoms with E-state index in [1.165, 1.54) is 154 Å². The number of unbranched alkanes of at least 4 members (excludes halogenated alkanes) is 19. The van der Waals surface area contributed by atoms with Crippen LogP contribution in [0.5, 0.6) is 0 Å². The maximum atomic E-state index is 3.68. The molecule has 0 fully saturated rings. The van der Waals surface area contributed by atoms with Gasteiger partial charge in [0, 0.05) is 6.04 Å². The van der Waals surface area contributed by atoms with Gasteiger partial charge in [-0.3, -0.25) is 0 Å². The van der Waals surface area contributed by atoms with Crippen molar-refractivity contribution < 1.29 is 0 Å². The first-order chi connectivity index (χ1) is 14.3. The van der Waals surface area contributed by atoms with Gasteiger partial charge in [-0.05, 0) is 25.8 Å². The van der Waals surface area contributed by atoms with Gasteiger partial charge in [0.25, 0.3) is 0 Å².